The Morgan fingerprint density at radius 2 is 1.85 bits per heavy atom. The molecule has 4 nitrogen and oxygen atoms in total. The lowest BCUT2D eigenvalue weighted by atomic mass is 10.2. The molecule has 1 aliphatic heterocycles. The van der Waals surface area contributed by atoms with E-state index in [1.165, 1.54) is 10.0 Å². The van der Waals surface area contributed by atoms with Gasteiger partial charge in [0.25, 0.3) is 0 Å². The van der Waals surface area contributed by atoms with Crippen molar-refractivity contribution < 1.29 is 0 Å². The van der Waals surface area contributed by atoms with Crippen LogP contribution in [0.15, 0.2) is 47.3 Å². The Labute approximate surface area is 127 Å². The zero-order valence-electron chi connectivity index (χ0n) is 11.2. The summed E-state index contributed by atoms with van der Waals surface area (Å²) in [7, 11) is 0. The first-order valence-electron chi connectivity index (χ1n) is 6.79. The smallest absolute Gasteiger partial charge is 0.147 e. The van der Waals surface area contributed by atoms with E-state index in [9.17, 15) is 0 Å². The Hall–Kier alpha value is -1.46. The van der Waals surface area contributed by atoms with E-state index in [0.29, 0.717) is 0 Å². The lowest BCUT2D eigenvalue weighted by molar-refractivity contribution is 0.249. The zero-order chi connectivity index (χ0) is 13.8. The normalized spacial score (nSPS) is 16.4. The van der Waals surface area contributed by atoms with Gasteiger partial charge in [-0.3, -0.25) is 9.88 Å². The number of halogens is 1. The number of hydrogen-bond acceptors (Lipinski definition) is 4. The van der Waals surface area contributed by atoms with Crippen molar-refractivity contribution in [2.45, 2.75) is 6.54 Å². The molecule has 0 spiro atoms. The molecule has 2 aromatic rings. The molecule has 1 saturated heterocycles. The van der Waals surface area contributed by atoms with Gasteiger partial charge in [0.05, 0.1) is 6.20 Å². The van der Waals surface area contributed by atoms with Crippen LogP contribution in [0, 0.1) is 0 Å². The highest BCUT2D eigenvalue weighted by molar-refractivity contribution is 9.10. The molecule has 0 aliphatic carbocycles. The van der Waals surface area contributed by atoms with Gasteiger partial charge in [0.2, 0.25) is 0 Å². The van der Waals surface area contributed by atoms with Crippen molar-refractivity contribution in [3.63, 3.8) is 0 Å². The molecule has 20 heavy (non-hydrogen) atoms. The highest BCUT2D eigenvalue weighted by atomic mass is 79.9. The van der Waals surface area contributed by atoms with Crippen molar-refractivity contribution in [1.82, 2.24) is 14.9 Å². The van der Waals surface area contributed by atoms with Gasteiger partial charge in [-0.15, -0.1) is 0 Å². The monoisotopic (exact) mass is 332 g/mol. The fourth-order valence-electron chi connectivity index (χ4n) is 2.46. The summed E-state index contributed by atoms with van der Waals surface area (Å²) in [5.74, 6) is 0.980. The fourth-order valence-corrected chi connectivity index (χ4v) is 2.87. The van der Waals surface area contributed by atoms with Crippen molar-refractivity contribution in [2.75, 3.05) is 31.1 Å². The van der Waals surface area contributed by atoms with E-state index in [-0.39, 0.29) is 0 Å². The van der Waals surface area contributed by atoms with Crippen molar-refractivity contribution in [2.24, 2.45) is 0 Å². The highest BCUT2D eigenvalue weighted by Gasteiger charge is 2.18. The number of piperazine rings is 1. The molecule has 2 heterocycles. The minimum atomic E-state index is 0.980. The van der Waals surface area contributed by atoms with Crippen LogP contribution in [0.25, 0.3) is 0 Å². The van der Waals surface area contributed by atoms with Gasteiger partial charge in [-0.25, -0.2) is 4.98 Å². The summed E-state index contributed by atoms with van der Waals surface area (Å²) in [6.45, 7) is 5.11. The van der Waals surface area contributed by atoms with E-state index in [1.54, 1.807) is 12.4 Å². The molecule has 1 aromatic carbocycles. The van der Waals surface area contributed by atoms with E-state index in [2.05, 4.69) is 60.0 Å². The first kappa shape index (κ1) is 13.5. The van der Waals surface area contributed by atoms with Crippen LogP contribution in [0.5, 0.6) is 0 Å². The lowest BCUT2D eigenvalue weighted by Crippen LogP contribution is -2.46. The molecule has 0 atom stereocenters. The van der Waals surface area contributed by atoms with E-state index in [4.69, 9.17) is 0 Å². The summed E-state index contributed by atoms with van der Waals surface area (Å²) in [5, 5.41) is 0. The quantitative estimate of drug-likeness (QED) is 0.864. The summed E-state index contributed by atoms with van der Waals surface area (Å²) in [6, 6.07) is 8.43. The molecule has 0 amide bonds. The summed E-state index contributed by atoms with van der Waals surface area (Å²) in [4.78, 5) is 13.3. The highest BCUT2D eigenvalue weighted by Crippen LogP contribution is 2.19. The summed E-state index contributed by atoms with van der Waals surface area (Å²) < 4.78 is 1.19. The van der Waals surface area contributed by atoms with Crippen molar-refractivity contribution in [1.29, 1.82) is 0 Å². The predicted molar refractivity (Wildman–Crippen MR) is 83.7 cm³/mol. The van der Waals surface area contributed by atoms with Crippen LogP contribution in [0.2, 0.25) is 0 Å². The predicted octanol–water partition coefficient (Wildman–Crippen LogP) is 2.56. The van der Waals surface area contributed by atoms with Crippen LogP contribution in [-0.2, 0) is 6.54 Å². The third kappa shape index (κ3) is 3.16. The van der Waals surface area contributed by atoms with Crippen molar-refractivity contribution in [3.8, 4) is 0 Å². The average molecular weight is 333 g/mol. The Kier molecular flexibility index (Phi) is 4.28. The molecular weight excluding hydrogens is 316 g/mol. The molecule has 1 aliphatic rings. The number of aromatic nitrogens is 2. The van der Waals surface area contributed by atoms with E-state index < -0.39 is 0 Å². The summed E-state index contributed by atoms with van der Waals surface area (Å²) in [6.07, 6.45) is 5.30. The largest absolute Gasteiger partial charge is 0.353 e. The van der Waals surface area contributed by atoms with Crippen LogP contribution in [0.1, 0.15) is 5.56 Å². The van der Waals surface area contributed by atoms with Gasteiger partial charge < -0.3 is 4.90 Å². The van der Waals surface area contributed by atoms with Crippen LogP contribution in [0.3, 0.4) is 0 Å². The molecule has 0 radical (unpaired) electrons. The maximum absolute atomic E-state index is 4.36. The van der Waals surface area contributed by atoms with Gasteiger partial charge in [0.1, 0.15) is 5.82 Å². The van der Waals surface area contributed by atoms with Crippen molar-refractivity contribution in [3.05, 3.63) is 52.9 Å². The van der Waals surface area contributed by atoms with Gasteiger partial charge in [-0.1, -0.05) is 34.1 Å². The number of benzene rings is 1. The fraction of sp³-hybridized carbons (Fsp3) is 0.333. The van der Waals surface area contributed by atoms with Gasteiger partial charge in [-0.2, -0.15) is 0 Å². The summed E-state index contributed by atoms with van der Waals surface area (Å²) >= 11 is 3.62. The zero-order valence-corrected chi connectivity index (χ0v) is 12.8. The maximum Gasteiger partial charge on any atom is 0.147 e. The summed E-state index contributed by atoms with van der Waals surface area (Å²) in [5.41, 5.74) is 1.35. The molecule has 5 heteroatoms. The minimum Gasteiger partial charge on any atom is -0.353 e. The second kappa shape index (κ2) is 6.33. The van der Waals surface area contributed by atoms with Crippen molar-refractivity contribution >= 4 is 21.7 Å². The third-order valence-electron chi connectivity index (χ3n) is 3.60. The molecule has 104 valence electrons. The van der Waals surface area contributed by atoms with Crippen LogP contribution in [-0.4, -0.2) is 41.0 Å². The van der Waals surface area contributed by atoms with Gasteiger partial charge >= 0.3 is 0 Å². The Balaban J connectivity index is 1.58. The number of anilines is 1. The molecule has 3 rings (SSSR count). The van der Waals surface area contributed by atoms with E-state index >= 15 is 0 Å². The molecule has 0 unspecified atom stereocenters. The van der Waals surface area contributed by atoms with Crippen LogP contribution in [0.4, 0.5) is 5.82 Å². The van der Waals surface area contributed by atoms with Gasteiger partial charge in [-0.05, 0) is 11.6 Å². The number of hydrogen-bond donors (Lipinski definition) is 0. The van der Waals surface area contributed by atoms with E-state index in [0.717, 1.165) is 38.5 Å². The second-order valence-corrected chi connectivity index (χ2v) is 5.77. The molecular formula is C15H17BrN4. The molecule has 1 aromatic heterocycles. The Morgan fingerprint density at radius 1 is 1.05 bits per heavy atom. The first-order chi connectivity index (χ1) is 9.83. The topological polar surface area (TPSA) is 32.3 Å². The Bertz CT molecular complexity index is 553. The van der Waals surface area contributed by atoms with Gasteiger partial charge in [0.15, 0.2) is 0 Å². The minimum absolute atomic E-state index is 0.980. The molecule has 0 saturated carbocycles. The first-order valence-corrected chi connectivity index (χ1v) is 7.59. The van der Waals surface area contributed by atoms with Crippen LogP contribution >= 0.6 is 15.9 Å². The number of rotatable bonds is 3. The SMILES string of the molecule is Brc1ccccc1CN1CCN(c2cnccn2)CC1. The maximum atomic E-state index is 4.36. The lowest BCUT2D eigenvalue weighted by Gasteiger charge is -2.35. The third-order valence-corrected chi connectivity index (χ3v) is 4.37. The second-order valence-electron chi connectivity index (χ2n) is 4.92. The van der Waals surface area contributed by atoms with Gasteiger partial charge in [0, 0.05) is 49.6 Å². The molecule has 1 fully saturated rings. The standard InChI is InChI=1S/C15H17BrN4/c16-14-4-2-1-3-13(14)12-19-7-9-20(10-8-19)15-11-17-5-6-18-15/h1-6,11H,7-10,12H2. The van der Waals surface area contributed by atoms with E-state index in [1.807, 2.05) is 6.20 Å². The average Bonchev–Trinajstić information content (AvgIpc) is 2.51. The Morgan fingerprint density at radius 3 is 2.55 bits per heavy atom. The number of nitrogens with zero attached hydrogens (tertiary/aromatic N) is 4. The van der Waals surface area contributed by atoms with Crippen LogP contribution < -0.4 is 4.90 Å². The molecule has 0 bridgehead atoms. The molecule has 0 N–H and O–H groups in total.